The fourth-order valence-corrected chi connectivity index (χ4v) is 2.81. The minimum atomic E-state index is 0.109. The molecule has 154 valence electrons. The summed E-state index contributed by atoms with van der Waals surface area (Å²) in [6, 6.07) is 5.76. The second-order valence-corrected chi connectivity index (χ2v) is 7.30. The van der Waals surface area contributed by atoms with E-state index in [1.165, 1.54) is 19.3 Å². The van der Waals surface area contributed by atoms with Crippen LogP contribution in [-0.4, -0.2) is 33.3 Å². The van der Waals surface area contributed by atoms with Crippen molar-refractivity contribution in [3.05, 3.63) is 23.8 Å². The Balaban J connectivity index is 2.32. The van der Waals surface area contributed by atoms with E-state index < -0.39 is 0 Å². The van der Waals surface area contributed by atoms with E-state index in [9.17, 15) is 4.79 Å². The molecule has 27 heavy (non-hydrogen) atoms. The van der Waals surface area contributed by atoms with Gasteiger partial charge in [-0.1, -0.05) is 45.6 Å². The number of rotatable bonds is 15. The summed E-state index contributed by atoms with van der Waals surface area (Å²) in [6.07, 6.45) is 7.25. The van der Waals surface area contributed by atoms with Gasteiger partial charge < -0.3 is 19.5 Å². The summed E-state index contributed by atoms with van der Waals surface area (Å²) in [5, 5.41) is 2.99. The van der Waals surface area contributed by atoms with Crippen LogP contribution in [0.1, 0.15) is 64.4 Å². The molecule has 1 aromatic carbocycles. The number of benzene rings is 1. The van der Waals surface area contributed by atoms with Gasteiger partial charge in [-0.3, -0.25) is 4.79 Å². The fourth-order valence-electron chi connectivity index (χ4n) is 2.81. The van der Waals surface area contributed by atoms with Gasteiger partial charge in [0, 0.05) is 33.1 Å². The summed E-state index contributed by atoms with van der Waals surface area (Å²) in [4.78, 5) is 12.0. The van der Waals surface area contributed by atoms with Crippen molar-refractivity contribution in [3.8, 4) is 11.5 Å². The molecule has 0 saturated carbocycles. The van der Waals surface area contributed by atoms with Crippen LogP contribution >= 0.6 is 0 Å². The highest BCUT2D eigenvalue weighted by Crippen LogP contribution is 2.28. The molecule has 1 rings (SSSR count). The molecule has 0 heterocycles. The monoisotopic (exact) mass is 379 g/mol. The lowest BCUT2D eigenvalue weighted by molar-refractivity contribution is -0.121. The molecule has 0 bridgehead atoms. The van der Waals surface area contributed by atoms with Crippen LogP contribution in [0.3, 0.4) is 0 Å². The zero-order valence-corrected chi connectivity index (χ0v) is 17.5. The van der Waals surface area contributed by atoms with E-state index in [1.807, 2.05) is 18.2 Å². The van der Waals surface area contributed by atoms with Gasteiger partial charge in [0.1, 0.15) is 0 Å². The summed E-state index contributed by atoms with van der Waals surface area (Å²) < 4.78 is 16.1. The van der Waals surface area contributed by atoms with Gasteiger partial charge in [-0.15, -0.1) is 0 Å². The van der Waals surface area contributed by atoms with E-state index in [4.69, 9.17) is 14.2 Å². The van der Waals surface area contributed by atoms with Gasteiger partial charge in [-0.2, -0.15) is 0 Å². The summed E-state index contributed by atoms with van der Waals surface area (Å²) in [5.41, 5.74) is 1.00. The molecule has 1 N–H and O–H groups in total. The molecule has 0 aliphatic carbocycles. The Labute approximate surface area is 164 Å². The summed E-state index contributed by atoms with van der Waals surface area (Å²) in [6.45, 7) is 6.24. The molecule has 0 spiro atoms. The quantitative estimate of drug-likeness (QED) is 0.448. The van der Waals surface area contributed by atoms with Crippen molar-refractivity contribution in [1.82, 2.24) is 5.32 Å². The minimum Gasteiger partial charge on any atom is -0.493 e. The second-order valence-electron chi connectivity index (χ2n) is 7.30. The largest absolute Gasteiger partial charge is 0.493 e. The number of hydrogen-bond donors (Lipinski definition) is 1. The van der Waals surface area contributed by atoms with E-state index in [-0.39, 0.29) is 5.91 Å². The molecule has 1 amide bonds. The maximum absolute atomic E-state index is 12.0. The molecule has 0 saturated heterocycles. The predicted molar refractivity (Wildman–Crippen MR) is 109 cm³/mol. The first kappa shape index (κ1) is 23.3. The molecule has 0 aromatic heterocycles. The first-order valence-electron chi connectivity index (χ1n) is 10.1. The molecule has 0 unspecified atom stereocenters. The number of hydrogen-bond acceptors (Lipinski definition) is 4. The minimum absolute atomic E-state index is 0.109. The number of methoxy groups -OCH3 is 2. The first-order chi connectivity index (χ1) is 13.1. The van der Waals surface area contributed by atoms with E-state index in [0.717, 1.165) is 30.7 Å². The summed E-state index contributed by atoms with van der Waals surface area (Å²) in [5.74, 6) is 2.28. The maximum Gasteiger partial charge on any atom is 0.220 e. The average Bonchev–Trinajstić information content (AvgIpc) is 2.66. The number of ether oxygens (including phenoxy) is 3. The number of nitrogens with one attached hydrogen (secondary N) is 1. The molecular weight excluding hydrogens is 342 g/mol. The molecule has 0 radical (unpaired) electrons. The highest BCUT2D eigenvalue weighted by Gasteiger charge is 2.07. The Bertz CT molecular complexity index is 531. The summed E-state index contributed by atoms with van der Waals surface area (Å²) in [7, 11) is 3.30. The van der Waals surface area contributed by atoms with E-state index in [0.29, 0.717) is 37.7 Å². The third-order valence-electron chi connectivity index (χ3n) is 4.40. The molecule has 0 aliphatic rings. The Morgan fingerprint density at radius 1 is 1.00 bits per heavy atom. The Kier molecular flexibility index (Phi) is 12.4. The van der Waals surface area contributed by atoms with Crippen molar-refractivity contribution >= 4 is 5.91 Å². The number of carbonyl (C=O) groups is 1. The highest BCUT2D eigenvalue weighted by molar-refractivity contribution is 5.75. The lowest BCUT2D eigenvalue weighted by atomic mass is 10.0. The van der Waals surface area contributed by atoms with Gasteiger partial charge in [0.2, 0.25) is 5.91 Å². The van der Waals surface area contributed by atoms with Crippen molar-refractivity contribution in [2.75, 3.05) is 27.4 Å². The van der Waals surface area contributed by atoms with Crippen LogP contribution in [-0.2, 0) is 16.1 Å². The van der Waals surface area contributed by atoms with Crippen LogP contribution in [0.4, 0.5) is 0 Å². The van der Waals surface area contributed by atoms with Gasteiger partial charge >= 0.3 is 0 Å². The zero-order valence-electron chi connectivity index (χ0n) is 17.5. The molecule has 0 aliphatic heterocycles. The predicted octanol–water partition coefficient (Wildman–Crippen LogP) is 4.72. The van der Waals surface area contributed by atoms with Gasteiger partial charge in [0.25, 0.3) is 0 Å². The van der Waals surface area contributed by atoms with Gasteiger partial charge in [0.15, 0.2) is 11.5 Å². The molecule has 1 aromatic rings. The van der Waals surface area contributed by atoms with Crippen molar-refractivity contribution in [2.45, 2.75) is 65.3 Å². The fraction of sp³-hybridized carbons (Fsp3) is 0.682. The summed E-state index contributed by atoms with van der Waals surface area (Å²) >= 11 is 0. The lowest BCUT2D eigenvalue weighted by Crippen LogP contribution is -2.22. The van der Waals surface area contributed by atoms with Crippen LogP contribution in [0.25, 0.3) is 0 Å². The Morgan fingerprint density at radius 3 is 2.48 bits per heavy atom. The number of unbranched alkanes of at least 4 members (excludes halogenated alkanes) is 3. The van der Waals surface area contributed by atoms with Crippen LogP contribution in [0.2, 0.25) is 0 Å². The van der Waals surface area contributed by atoms with Gasteiger partial charge in [0.05, 0.1) is 13.7 Å². The third-order valence-corrected chi connectivity index (χ3v) is 4.40. The van der Waals surface area contributed by atoms with Crippen LogP contribution < -0.4 is 14.8 Å². The van der Waals surface area contributed by atoms with E-state index in [2.05, 4.69) is 19.2 Å². The van der Waals surface area contributed by atoms with Crippen LogP contribution in [0.15, 0.2) is 18.2 Å². The van der Waals surface area contributed by atoms with Crippen molar-refractivity contribution in [2.24, 2.45) is 5.92 Å². The Morgan fingerprint density at radius 2 is 1.78 bits per heavy atom. The molecule has 0 atom stereocenters. The Hall–Kier alpha value is -1.75. The molecule has 5 heteroatoms. The molecular formula is C22H37NO4. The average molecular weight is 380 g/mol. The topological polar surface area (TPSA) is 56.8 Å². The van der Waals surface area contributed by atoms with Crippen molar-refractivity contribution in [1.29, 1.82) is 0 Å². The third kappa shape index (κ3) is 10.9. The molecule has 0 fully saturated rings. The number of carbonyl (C=O) groups excluding carboxylic acids is 1. The smallest absolute Gasteiger partial charge is 0.220 e. The van der Waals surface area contributed by atoms with Gasteiger partial charge in [-0.05, 0) is 30.0 Å². The van der Waals surface area contributed by atoms with E-state index in [1.54, 1.807) is 14.2 Å². The van der Waals surface area contributed by atoms with E-state index >= 15 is 0 Å². The van der Waals surface area contributed by atoms with Crippen molar-refractivity contribution < 1.29 is 19.0 Å². The normalized spacial score (nSPS) is 10.9. The zero-order chi connectivity index (χ0) is 19.9. The SMILES string of the molecule is COCCCOc1cc(CNC(=O)CCCCCCC(C)C)ccc1OC. The lowest BCUT2D eigenvalue weighted by Gasteiger charge is -2.13. The van der Waals surface area contributed by atoms with Crippen LogP contribution in [0.5, 0.6) is 11.5 Å². The highest BCUT2D eigenvalue weighted by atomic mass is 16.5. The standard InChI is InChI=1S/C22H37NO4/c1-18(2)10-7-5-6-8-11-22(24)23-17-19-12-13-20(26-4)21(16-19)27-15-9-14-25-3/h12-13,16,18H,5-11,14-15,17H2,1-4H3,(H,23,24). The first-order valence-corrected chi connectivity index (χ1v) is 10.1. The van der Waals surface area contributed by atoms with Crippen molar-refractivity contribution in [3.63, 3.8) is 0 Å². The number of amides is 1. The maximum atomic E-state index is 12.0. The second kappa shape index (κ2) is 14.3. The van der Waals surface area contributed by atoms with Crippen LogP contribution in [0, 0.1) is 5.92 Å². The molecule has 5 nitrogen and oxygen atoms in total. The van der Waals surface area contributed by atoms with Gasteiger partial charge in [-0.25, -0.2) is 0 Å².